The van der Waals surface area contributed by atoms with Crippen LogP contribution in [0.25, 0.3) is 5.69 Å². The monoisotopic (exact) mass is 521 g/mol. The lowest BCUT2D eigenvalue weighted by molar-refractivity contribution is 0.307. The number of anilines is 1. The van der Waals surface area contributed by atoms with Crippen molar-refractivity contribution >= 4 is 46.2 Å². The van der Waals surface area contributed by atoms with Gasteiger partial charge in [-0.25, -0.2) is 0 Å². The van der Waals surface area contributed by atoms with Gasteiger partial charge in [-0.1, -0.05) is 47.5 Å². The number of benzene rings is 2. The highest BCUT2D eigenvalue weighted by Gasteiger charge is 2.41. The maximum atomic E-state index is 6.60. The van der Waals surface area contributed by atoms with Crippen LogP contribution in [0.5, 0.6) is 0 Å². The van der Waals surface area contributed by atoms with Gasteiger partial charge in [0.1, 0.15) is 0 Å². The van der Waals surface area contributed by atoms with Gasteiger partial charge < -0.3 is 20.1 Å². The van der Waals surface area contributed by atoms with Crippen LogP contribution in [0.4, 0.5) is 5.69 Å². The fourth-order valence-electron chi connectivity index (χ4n) is 4.54. The molecule has 5 nitrogen and oxygen atoms in total. The van der Waals surface area contributed by atoms with Gasteiger partial charge in [0.2, 0.25) is 0 Å². The van der Waals surface area contributed by atoms with E-state index in [0.717, 1.165) is 47.4 Å². The van der Waals surface area contributed by atoms with Crippen LogP contribution in [0.3, 0.4) is 0 Å². The molecule has 4 aromatic rings. The summed E-state index contributed by atoms with van der Waals surface area (Å²) in [5, 5.41) is 8.94. The SMILES string of the molecule is S=C1N[C@H](c2ccccn2)[C@@H](c2cccn2-c2ccc(Cl)cc2Cl)N1CCCNc1ccccc1. The molecule has 1 fully saturated rings. The summed E-state index contributed by atoms with van der Waals surface area (Å²) in [6.45, 7) is 1.63. The van der Waals surface area contributed by atoms with Gasteiger partial charge in [0.05, 0.1) is 28.5 Å². The zero-order chi connectivity index (χ0) is 24.2. The molecule has 35 heavy (non-hydrogen) atoms. The summed E-state index contributed by atoms with van der Waals surface area (Å²) in [7, 11) is 0. The lowest BCUT2D eigenvalue weighted by Crippen LogP contribution is -2.32. The molecule has 2 N–H and O–H groups in total. The van der Waals surface area contributed by atoms with Crippen molar-refractivity contribution < 1.29 is 0 Å². The summed E-state index contributed by atoms with van der Waals surface area (Å²) in [6, 6.07) is 25.8. The highest BCUT2D eigenvalue weighted by atomic mass is 35.5. The van der Waals surface area contributed by atoms with Crippen molar-refractivity contribution in [2.45, 2.75) is 18.5 Å². The van der Waals surface area contributed by atoms with Crippen LogP contribution in [0.15, 0.2) is 91.3 Å². The Balaban J connectivity index is 1.44. The van der Waals surface area contributed by atoms with Gasteiger partial charge in [0, 0.05) is 41.9 Å². The average Bonchev–Trinajstić information content (AvgIpc) is 3.47. The molecule has 1 saturated heterocycles. The zero-order valence-corrected chi connectivity index (χ0v) is 21.3. The molecular formula is C27H25Cl2N5S. The molecule has 2 atom stereocenters. The quantitative estimate of drug-likeness (QED) is 0.200. The zero-order valence-electron chi connectivity index (χ0n) is 18.9. The third-order valence-electron chi connectivity index (χ3n) is 6.13. The van der Waals surface area contributed by atoms with E-state index >= 15 is 0 Å². The highest BCUT2D eigenvalue weighted by Crippen LogP contribution is 2.40. The van der Waals surface area contributed by atoms with Crippen molar-refractivity contribution in [2.75, 3.05) is 18.4 Å². The second-order valence-electron chi connectivity index (χ2n) is 8.37. The van der Waals surface area contributed by atoms with Gasteiger partial charge in [-0.05, 0) is 73.2 Å². The molecule has 0 unspecified atom stereocenters. The molecule has 0 bridgehead atoms. The summed E-state index contributed by atoms with van der Waals surface area (Å²) < 4.78 is 2.12. The Hall–Kier alpha value is -3.06. The van der Waals surface area contributed by atoms with Gasteiger partial charge in [0.15, 0.2) is 5.11 Å². The maximum Gasteiger partial charge on any atom is 0.170 e. The number of thiocarbonyl (C=S) groups is 1. The minimum absolute atomic E-state index is 0.0594. The molecule has 3 heterocycles. The van der Waals surface area contributed by atoms with Crippen LogP contribution >= 0.6 is 35.4 Å². The first kappa shape index (κ1) is 23.7. The maximum absolute atomic E-state index is 6.60. The van der Waals surface area contributed by atoms with Gasteiger partial charge in [0.25, 0.3) is 0 Å². The standard InChI is InChI=1S/C27H25Cl2N5S/c28-19-12-13-23(21(29)18-19)33-16-6-11-24(33)26-25(22-10-4-5-14-31-22)32-27(35)34(26)17-7-15-30-20-8-2-1-3-9-20/h1-6,8-14,16,18,25-26,30H,7,15,17H2,(H,32,35)/t25-,26-/m1/s1. The minimum Gasteiger partial charge on any atom is -0.385 e. The first-order valence-electron chi connectivity index (χ1n) is 11.5. The van der Waals surface area contributed by atoms with Crippen molar-refractivity contribution in [3.63, 3.8) is 0 Å². The number of nitrogens with one attached hydrogen (secondary N) is 2. The topological polar surface area (TPSA) is 45.1 Å². The van der Waals surface area contributed by atoms with E-state index in [-0.39, 0.29) is 12.1 Å². The Bertz CT molecular complexity index is 1300. The summed E-state index contributed by atoms with van der Waals surface area (Å²) in [5.74, 6) is 0. The fraction of sp³-hybridized carbons (Fsp3) is 0.185. The Morgan fingerprint density at radius 2 is 1.80 bits per heavy atom. The molecule has 8 heteroatoms. The molecule has 2 aromatic carbocycles. The molecule has 0 aliphatic carbocycles. The molecule has 0 amide bonds. The minimum atomic E-state index is -0.0921. The van der Waals surface area contributed by atoms with Crippen LogP contribution in [-0.4, -0.2) is 32.7 Å². The summed E-state index contributed by atoms with van der Waals surface area (Å²) in [6.07, 6.45) is 4.76. The molecule has 2 aromatic heterocycles. The molecule has 0 spiro atoms. The number of aromatic nitrogens is 2. The number of pyridine rings is 1. The van der Waals surface area contributed by atoms with Crippen LogP contribution in [0, 0.1) is 0 Å². The van der Waals surface area contributed by atoms with Crippen LogP contribution in [0.1, 0.15) is 29.9 Å². The number of rotatable bonds is 8. The molecule has 0 radical (unpaired) electrons. The Labute approximate surface area is 220 Å². The normalized spacial score (nSPS) is 17.4. The summed E-state index contributed by atoms with van der Waals surface area (Å²) in [5.41, 5.74) is 4.01. The Morgan fingerprint density at radius 3 is 2.57 bits per heavy atom. The number of halogens is 2. The smallest absolute Gasteiger partial charge is 0.170 e. The number of para-hydroxylation sites is 1. The third-order valence-corrected chi connectivity index (χ3v) is 7.02. The van der Waals surface area contributed by atoms with E-state index in [9.17, 15) is 0 Å². The number of hydrogen-bond acceptors (Lipinski definition) is 3. The van der Waals surface area contributed by atoms with Crippen molar-refractivity contribution in [3.05, 3.63) is 113 Å². The highest BCUT2D eigenvalue weighted by molar-refractivity contribution is 7.80. The van der Waals surface area contributed by atoms with Crippen LogP contribution < -0.4 is 10.6 Å². The van der Waals surface area contributed by atoms with Crippen LogP contribution in [0.2, 0.25) is 10.0 Å². The first-order chi connectivity index (χ1) is 17.1. The molecule has 1 aliphatic rings. The Kier molecular flexibility index (Phi) is 7.23. The van der Waals surface area contributed by atoms with Crippen molar-refractivity contribution in [2.24, 2.45) is 0 Å². The summed E-state index contributed by atoms with van der Waals surface area (Å²) in [4.78, 5) is 6.90. The number of hydrogen-bond donors (Lipinski definition) is 2. The molecular weight excluding hydrogens is 497 g/mol. The van der Waals surface area contributed by atoms with Gasteiger partial charge in [-0.15, -0.1) is 0 Å². The molecule has 178 valence electrons. The van der Waals surface area contributed by atoms with E-state index < -0.39 is 0 Å². The Morgan fingerprint density at radius 1 is 0.971 bits per heavy atom. The predicted molar refractivity (Wildman–Crippen MR) is 147 cm³/mol. The van der Waals surface area contributed by atoms with E-state index in [1.165, 1.54) is 0 Å². The van der Waals surface area contributed by atoms with Crippen molar-refractivity contribution in [3.8, 4) is 5.69 Å². The average molecular weight is 523 g/mol. The number of nitrogens with zero attached hydrogens (tertiary/aromatic N) is 3. The van der Waals surface area contributed by atoms with Gasteiger partial charge >= 0.3 is 0 Å². The third kappa shape index (κ3) is 5.15. The van der Waals surface area contributed by atoms with Gasteiger partial charge in [-0.2, -0.15) is 0 Å². The van der Waals surface area contributed by atoms with E-state index in [1.54, 1.807) is 6.07 Å². The molecule has 5 rings (SSSR count). The van der Waals surface area contributed by atoms with E-state index in [0.29, 0.717) is 10.0 Å². The molecule has 1 aliphatic heterocycles. The van der Waals surface area contributed by atoms with Crippen LogP contribution in [-0.2, 0) is 0 Å². The lowest BCUT2D eigenvalue weighted by Gasteiger charge is -2.29. The second-order valence-corrected chi connectivity index (χ2v) is 9.60. The van der Waals surface area contributed by atoms with E-state index in [2.05, 4.69) is 43.3 Å². The predicted octanol–water partition coefficient (Wildman–Crippen LogP) is 6.65. The van der Waals surface area contributed by atoms with Gasteiger partial charge in [-0.3, -0.25) is 4.98 Å². The summed E-state index contributed by atoms with van der Waals surface area (Å²) >= 11 is 18.6. The van der Waals surface area contributed by atoms with Crippen molar-refractivity contribution in [1.29, 1.82) is 0 Å². The van der Waals surface area contributed by atoms with E-state index in [4.69, 9.17) is 35.4 Å². The van der Waals surface area contributed by atoms with Crippen molar-refractivity contribution in [1.82, 2.24) is 19.8 Å². The van der Waals surface area contributed by atoms with E-state index in [1.807, 2.05) is 67.0 Å². The first-order valence-corrected chi connectivity index (χ1v) is 12.7. The lowest BCUT2D eigenvalue weighted by atomic mass is 10.0. The fourth-order valence-corrected chi connectivity index (χ4v) is 5.37. The second kappa shape index (κ2) is 10.7. The largest absolute Gasteiger partial charge is 0.385 e. The molecule has 0 saturated carbocycles.